The minimum Gasteiger partial charge on any atom is -0.453 e. The van der Waals surface area contributed by atoms with Crippen LogP contribution in [0.2, 0.25) is 0 Å². The molecule has 0 unspecified atom stereocenters. The van der Waals surface area contributed by atoms with Crippen molar-refractivity contribution < 1.29 is 27.3 Å². The first-order valence-corrected chi connectivity index (χ1v) is 10.5. The highest BCUT2D eigenvalue weighted by molar-refractivity contribution is 7.89. The van der Waals surface area contributed by atoms with E-state index in [9.17, 15) is 18.0 Å². The molecule has 29 heavy (non-hydrogen) atoms. The zero-order valence-corrected chi connectivity index (χ0v) is 17.6. The molecule has 0 aliphatic heterocycles. The third-order valence-electron chi connectivity index (χ3n) is 4.12. The van der Waals surface area contributed by atoms with Crippen molar-refractivity contribution in [2.45, 2.75) is 51.7 Å². The van der Waals surface area contributed by atoms with Gasteiger partial charge in [-0.3, -0.25) is 9.59 Å². The maximum absolute atomic E-state index is 12.3. The number of hydrogen-bond donors (Lipinski definition) is 2. The number of carbonyl (C=O) groups is 2. The first-order valence-electron chi connectivity index (χ1n) is 9.05. The summed E-state index contributed by atoms with van der Waals surface area (Å²) in [5, 5.41) is 6.29. The van der Waals surface area contributed by atoms with Crippen molar-refractivity contribution in [2.24, 2.45) is 0 Å². The van der Waals surface area contributed by atoms with Gasteiger partial charge in [-0.1, -0.05) is 35.0 Å². The third kappa shape index (κ3) is 6.40. The molecular formula is C19H25N3O6S. The molecule has 1 heterocycles. The normalized spacial score (nSPS) is 12.4. The smallest absolute Gasteiger partial charge is 0.307 e. The number of carbonyl (C=O) groups excluding carboxylic acids is 2. The summed E-state index contributed by atoms with van der Waals surface area (Å²) in [6.45, 7) is 6.56. The number of aromatic nitrogens is 1. The van der Waals surface area contributed by atoms with Gasteiger partial charge in [0.2, 0.25) is 10.0 Å². The number of rotatable bonds is 9. The van der Waals surface area contributed by atoms with Gasteiger partial charge in [-0.05, 0) is 33.3 Å². The van der Waals surface area contributed by atoms with Gasteiger partial charge in [0.15, 0.2) is 11.9 Å². The van der Waals surface area contributed by atoms with Crippen LogP contribution in [-0.2, 0) is 30.9 Å². The predicted molar refractivity (Wildman–Crippen MR) is 104 cm³/mol. The number of hydrogen-bond acceptors (Lipinski definition) is 7. The molecule has 158 valence electrons. The molecule has 0 radical (unpaired) electrons. The number of aryl methyl sites for hydroxylation is 3. The Kier molecular flexibility index (Phi) is 7.52. The van der Waals surface area contributed by atoms with Crippen LogP contribution in [0.5, 0.6) is 0 Å². The number of amides is 1. The van der Waals surface area contributed by atoms with Crippen molar-refractivity contribution in [3.63, 3.8) is 0 Å². The van der Waals surface area contributed by atoms with E-state index in [0.717, 1.165) is 11.1 Å². The highest BCUT2D eigenvalue weighted by atomic mass is 32.2. The van der Waals surface area contributed by atoms with Crippen LogP contribution in [0, 0.1) is 20.8 Å². The Hall–Kier alpha value is -2.72. The van der Waals surface area contributed by atoms with Crippen molar-refractivity contribution in [2.75, 3.05) is 6.54 Å². The minimum absolute atomic E-state index is 0.0466. The molecule has 2 aromatic rings. The third-order valence-corrected chi connectivity index (χ3v) is 5.83. The second-order valence-corrected chi connectivity index (χ2v) is 8.34. The molecular weight excluding hydrogens is 398 g/mol. The van der Waals surface area contributed by atoms with Gasteiger partial charge in [0, 0.05) is 13.1 Å². The number of ether oxygens (including phenoxy) is 1. The van der Waals surface area contributed by atoms with Gasteiger partial charge in [0.25, 0.3) is 5.91 Å². The van der Waals surface area contributed by atoms with E-state index >= 15 is 0 Å². The highest BCUT2D eigenvalue weighted by Crippen LogP contribution is 2.18. The lowest BCUT2D eigenvalue weighted by Crippen LogP contribution is -2.36. The van der Waals surface area contributed by atoms with Gasteiger partial charge in [0.1, 0.15) is 10.6 Å². The van der Waals surface area contributed by atoms with Gasteiger partial charge in [-0.2, -0.15) is 0 Å². The minimum atomic E-state index is -3.85. The topological polar surface area (TPSA) is 128 Å². The predicted octanol–water partition coefficient (Wildman–Crippen LogP) is 1.52. The maximum Gasteiger partial charge on any atom is 0.307 e. The molecule has 0 saturated heterocycles. The lowest BCUT2D eigenvalue weighted by molar-refractivity contribution is -0.154. The van der Waals surface area contributed by atoms with Crippen LogP contribution in [-0.4, -0.2) is 38.1 Å². The molecule has 0 aliphatic carbocycles. The second kappa shape index (κ2) is 9.66. The van der Waals surface area contributed by atoms with Crippen LogP contribution in [0.25, 0.3) is 0 Å². The summed E-state index contributed by atoms with van der Waals surface area (Å²) in [6.07, 6.45) is -1.22. The summed E-state index contributed by atoms with van der Waals surface area (Å²) in [5.41, 5.74) is 2.28. The summed E-state index contributed by atoms with van der Waals surface area (Å²) in [6, 6.07) is 7.68. The van der Waals surface area contributed by atoms with E-state index in [2.05, 4.69) is 15.2 Å². The molecule has 9 nitrogen and oxygen atoms in total. The first-order chi connectivity index (χ1) is 13.6. The standard InChI is InChI=1S/C19H25N3O6S/c1-12-5-7-16(8-6-12)11-20-19(24)15(4)27-17(23)9-10-21-29(25,26)18-13(2)22-28-14(18)3/h5-8,15,21H,9-11H2,1-4H3,(H,20,24)/t15-/m0/s1. The molecule has 2 rings (SSSR count). The van der Waals surface area contributed by atoms with Crippen LogP contribution >= 0.6 is 0 Å². The Morgan fingerprint density at radius 1 is 1.17 bits per heavy atom. The van der Waals surface area contributed by atoms with Gasteiger partial charge < -0.3 is 14.6 Å². The Bertz CT molecular complexity index is 947. The van der Waals surface area contributed by atoms with E-state index in [1.165, 1.54) is 20.8 Å². The zero-order valence-electron chi connectivity index (χ0n) is 16.8. The summed E-state index contributed by atoms with van der Waals surface area (Å²) < 4.78 is 36.7. The molecule has 0 spiro atoms. The Morgan fingerprint density at radius 2 is 1.83 bits per heavy atom. The average Bonchev–Trinajstić information content (AvgIpc) is 2.99. The lowest BCUT2D eigenvalue weighted by Gasteiger charge is -2.14. The molecule has 1 aromatic heterocycles. The molecule has 0 fully saturated rings. The molecule has 10 heteroatoms. The number of sulfonamides is 1. The van der Waals surface area contributed by atoms with Crippen LogP contribution < -0.4 is 10.0 Å². The molecule has 1 aromatic carbocycles. The highest BCUT2D eigenvalue weighted by Gasteiger charge is 2.24. The molecule has 1 amide bonds. The Balaban J connectivity index is 1.76. The molecule has 2 N–H and O–H groups in total. The van der Waals surface area contributed by atoms with E-state index in [1.807, 2.05) is 31.2 Å². The average molecular weight is 423 g/mol. The number of esters is 1. The van der Waals surface area contributed by atoms with E-state index in [0.29, 0.717) is 6.54 Å². The maximum atomic E-state index is 12.3. The monoisotopic (exact) mass is 423 g/mol. The number of nitrogens with zero attached hydrogens (tertiary/aromatic N) is 1. The SMILES string of the molecule is Cc1ccc(CNC(=O)[C@H](C)OC(=O)CCNS(=O)(=O)c2c(C)noc2C)cc1. The molecule has 0 bridgehead atoms. The largest absolute Gasteiger partial charge is 0.453 e. The van der Waals surface area contributed by atoms with Gasteiger partial charge >= 0.3 is 5.97 Å². The van der Waals surface area contributed by atoms with Gasteiger partial charge in [0.05, 0.1) is 6.42 Å². The van der Waals surface area contributed by atoms with E-state index in [4.69, 9.17) is 9.26 Å². The number of benzene rings is 1. The fraction of sp³-hybridized carbons (Fsp3) is 0.421. The van der Waals surface area contributed by atoms with E-state index in [1.54, 1.807) is 0 Å². The summed E-state index contributed by atoms with van der Waals surface area (Å²) in [4.78, 5) is 23.9. The van der Waals surface area contributed by atoms with Crippen molar-refractivity contribution in [3.8, 4) is 0 Å². The van der Waals surface area contributed by atoms with Crippen LogP contribution in [0.3, 0.4) is 0 Å². The van der Waals surface area contributed by atoms with Crippen LogP contribution in [0.1, 0.15) is 35.9 Å². The lowest BCUT2D eigenvalue weighted by atomic mass is 10.1. The van der Waals surface area contributed by atoms with Crippen LogP contribution in [0.15, 0.2) is 33.7 Å². The van der Waals surface area contributed by atoms with E-state index in [-0.39, 0.29) is 29.3 Å². The fourth-order valence-electron chi connectivity index (χ4n) is 2.57. The summed E-state index contributed by atoms with van der Waals surface area (Å²) >= 11 is 0. The van der Waals surface area contributed by atoms with Crippen LogP contribution in [0.4, 0.5) is 0 Å². The second-order valence-electron chi connectivity index (χ2n) is 6.64. The van der Waals surface area contributed by atoms with Crippen molar-refractivity contribution in [3.05, 3.63) is 46.8 Å². The Labute approximate surface area is 169 Å². The quantitative estimate of drug-likeness (QED) is 0.585. The number of nitrogens with one attached hydrogen (secondary N) is 2. The zero-order chi connectivity index (χ0) is 21.6. The van der Waals surface area contributed by atoms with Crippen molar-refractivity contribution in [1.29, 1.82) is 0 Å². The molecule has 0 aliphatic rings. The summed E-state index contributed by atoms with van der Waals surface area (Å²) in [7, 11) is -3.85. The molecule has 1 atom stereocenters. The van der Waals surface area contributed by atoms with Gasteiger partial charge in [-0.15, -0.1) is 0 Å². The van der Waals surface area contributed by atoms with Crippen molar-refractivity contribution in [1.82, 2.24) is 15.2 Å². The van der Waals surface area contributed by atoms with Crippen molar-refractivity contribution >= 4 is 21.9 Å². The Morgan fingerprint density at radius 3 is 2.41 bits per heavy atom. The molecule has 0 saturated carbocycles. The van der Waals surface area contributed by atoms with E-state index < -0.39 is 28.0 Å². The fourth-order valence-corrected chi connectivity index (χ4v) is 3.92. The van der Waals surface area contributed by atoms with Gasteiger partial charge in [-0.25, -0.2) is 13.1 Å². The summed E-state index contributed by atoms with van der Waals surface area (Å²) in [5.74, 6) is -0.962. The first kappa shape index (κ1) is 22.6.